The molecule has 2 rings (SSSR count). The summed E-state index contributed by atoms with van der Waals surface area (Å²) in [6, 6.07) is 9.74. The van der Waals surface area contributed by atoms with Crippen molar-refractivity contribution in [1.29, 1.82) is 0 Å². The summed E-state index contributed by atoms with van der Waals surface area (Å²) in [7, 11) is 0. The van der Waals surface area contributed by atoms with Gasteiger partial charge in [0, 0.05) is 6.20 Å². The molecule has 1 atom stereocenters. The van der Waals surface area contributed by atoms with Crippen LogP contribution in [0.15, 0.2) is 42.6 Å². The Morgan fingerprint density at radius 2 is 2.21 bits per heavy atom. The molecule has 100 valence electrons. The first-order valence-electron chi connectivity index (χ1n) is 6.05. The summed E-state index contributed by atoms with van der Waals surface area (Å²) in [4.78, 5) is 4.04. The molecule has 1 heterocycles. The van der Waals surface area contributed by atoms with Crippen LogP contribution in [0.5, 0.6) is 5.75 Å². The number of hydrogen-bond donors (Lipinski definition) is 2. The summed E-state index contributed by atoms with van der Waals surface area (Å²) in [5, 5.41) is 0. The molecule has 0 saturated heterocycles. The highest BCUT2D eigenvalue weighted by Gasteiger charge is 2.18. The molecule has 1 aromatic carbocycles. The van der Waals surface area contributed by atoms with Gasteiger partial charge in [-0.1, -0.05) is 12.1 Å². The summed E-state index contributed by atoms with van der Waals surface area (Å²) >= 11 is 0. The summed E-state index contributed by atoms with van der Waals surface area (Å²) in [5.41, 5.74) is 3.65. The largest absolute Gasteiger partial charge is 0.494 e. The van der Waals surface area contributed by atoms with Gasteiger partial charge in [0.2, 0.25) is 0 Å². The summed E-state index contributed by atoms with van der Waals surface area (Å²) in [6.45, 7) is 2.48. The zero-order valence-electron chi connectivity index (χ0n) is 10.6. The van der Waals surface area contributed by atoms with Crippen LogP contribution in [0.2, 0.25) is 0 Å². The fourth-order valence-corrected chi connectivity index (χ4v) is 1.89. The van der Waals surface area contributed by atoms with Crippen molar-refractivity contribution < 1.29 is 9.13 Å². The van der Waals surface area contributed by atoms with Gasteiger partial charge in [-0.05, 0) is 36.8 Å². The van der Waals surface area contributed by atoms with E-state index in [9.17, 15) is 4.39 Å². The second-order valence-corrected chi connectivity index (χ2v) is 3.98. The lowest BCUT2D eigenvalue weighted by atomic mass is 10.0. The summed E-state index contributed by atoms with van der Waals surface area (Å²) in [6.07, 6.45) is 1.54. The maximum absolute atomic E-state index is 13.8. The predicted molar refractivity (Wildman–Crippen MR) is 71.0 cm³/mol. The maximum Gasteiger partial charge on any atom is 0.146 e. The summed E-state index contributed by atoms with van der Waals surface area (Å²) in [5.74, 6) is 5.86. The Morgan fingerprint density at radius 1 is 1.37 bits per heavy atom. The van der Waals surface area contributed by atoms with Gasteiger partial charge in [0.1, 0.15) is 11.6 Å². The Labute approximate surface area is 111 Å². The molecule has 5 heteroatoms. The quantitative estimate of drug-likeness (QED) is 0.639. The Kier molecular flexibility index (Phi) is 4.43. The van der Waals surface area contributed by atoms with Crippen LogP contribution in [-0.4, -0.2) is 11.6 Å². The van der Waals surface area contributed by atoms with E-state index in [-0.39, 0.29) is 5.69 Å². The number of rotatable bonds is 5. The Bertz CT molecular complexity index is 548. The number of halogens is 1. The fourth-order valence-electron chi connectivity index (χ4n) is 1.89. The number of nitrogens with zero attached hydrogens (tertiary/aromatic N) is 1. The number of hydrazine groups is 1. The average Bonchev–Trinajstić information content (AvgIpc) is 2.43. The number of aromatic nitrogens is 1. The van der Waals surface area contributed by atoms with E-state index < -0.39 is 11.9 Å². The molecule has 0 aliphatic rings. The molecule has 4 nitrogen and oxygen atoms in total. The molecule has 0 spiro atoms. The molecule has 0 bridgehead atoms. The number of benzene rings is 1. The van der Waals surface area contributed by atoms with Gasteiger partial charge in [-0.15, -0.1) is 0 Å². The average molecular weight is 261 g/mol. The van der Waals surface area contributed by atoms with E-state index in [0.717, 1.165) is 11.3 Å². The zero-order valence-corrected chi connectivity index (χ0v) is 10.6. The molecular weight excluding hydrogens is 245 g/mol. The molecule has 3 N–H and O–H groups in total. The normalized spacial score (nSPS) is 12.2. The lowest BCUT2D eigenvalue weighted by molar-refractivity contribution is 0.339. The molecule has 1 aromatic heterocycles. The molecule has 0 aliphatic heterocycles. The van der Waals surface area contributed by atoms with Crippen molar-refractivity contribution >= 4 is 0 Å². The second-order valence-electron chi connectivity index (χ2n) is 3.98. The molecule has 0 fully saturated rings. The molecule has 0 aliphatic carbocycles. The van der Waals surface area contributed by atoms with Crippen LogP contribution < -0.4 is 16.0 Å². The number of nitrogens with two attached hydrogens (primary N) is 1. The third-order valence-corrected chi connectivity index (χ3v) is 2.73. The van der Waals surface area contributed by atoms with Crippen LogP contribution in [-0.2, 0) is 0 Å². The van der Waals surface area contributed by atoms with E-state index in [1.807, 2.05) is 31.2 Å². The number of pyridine rings is 1. The van der Waals surface area contributed by atoms with E-state index >= 15 is 0 Å². The van der Waals surface area contributed by atoms with Crippen molar-refractivity contribution in [2.45, 2.75) is 13.0 Å². The Balaban J connectivity index is 2.37. The smallest absolute Gasteiger partial charge is 0.146 e. The van der Waals surface area contributed by atoms with Gasteiger partial charge in [0.05, 0.1) is 18.3 Å². The predicted octanol–water partition coefficient (Wildman–Crippen LogP) is 2.17. The SMILES string of the molecule is CCOc1cccc(C(NN)c2ncccc2F)c1. The molecule has 0 radical (unpaired) electrons. The molecule has 19 heavy (non-hydrogen) atoms. The van der Waals surface area contributed by atoms with Gasteiger partial charge in [0.15, 0.2) is 0 Å². The first-order valence-corrected chi connectivity index (χ1v) is 6.05. The number of hydrogen-bond acceptors (Lipinski definition) is 4. The van der Waals surface area contributed by atoms with Crippen LogP contribution in [0.3, 0.4) is 0 Å². The van der Waals surface area contributed by atoms with Crippen LogP contribution in [0, 0.1) is 5.82 Å². The van der Waals surface area contributed by atoms with Crippen molar-refractivity contribution in [3.8, 4) is 5.75 Å². The van der Waals surface area contributed by atoms with Crippen LogP contribution in [0.25, 0.3) is 0 Å². The lowest BCUT2D eigenvalue weighted by Crippen LogP contribution is -2.30. The Morgan fingerprint density at radius 3 is 2.89 bits per heavy atom. The van der Waals surface area contributed by atoms with Gasteiger partial charge in [-0.2, -0.15) is 0 Å². The van der Waals surface area contributed by atoms with E-state index in [2.05, 4.69) is 10.4 Å². The number of ether oxygens (including phenoxy) is 1. The molecule has 1 unspecified atom stereocenters. The van der Waals surface area contributed by atoms with E-state index in [4.69, 9.17) is 10.6 Å². The maximum atomic E-state index is 13.8. The molecule has 2 aromatic rings. The topological polar surface area (TPSA) is 60.2 Å². The van der Waals surface area contributed by atoms with E-state index in [1.54, 1.807) is 6.07 Å². The Hall–Kier alpha value is -1.98. The van der Waals surface area contributed by atoms with Gasteiger partial charge in [-0.25, -0.2) is 9.82 Å². The van der Waals surface area contributed by atoms with Crippen molar-refractivity contribution in [1.82, 2.24) is 10.4 Å². The van der Waals surface area contributed by atoms with Gasteiger partial charge < -0.3 is 4.74 Å². The van der Waals surface area contributed by atoms with Gasteiger partial charge in [-0.3, -0.25) is 10.8 Å². The van der Waals surface area contributed by atoms with Crippen molar-refractivity contribution in [2.75, 3.05) is 6.61 Å². The first-order chi connectivity index (χ1) is 9.26. The summed E-state index contributed by atoms with van der Waals surface area (Å²) < 4.78 is 19.2. The second kappa shape index (κ2) is 6.26. The highest BCUT2D eigenvalue weighted by molar-refractivity contribution is 5.34. The molecule has 0 amide bonds. The van der Waals surface area contributed by atoms with Crippen LogP contribution in [0.4, 0.5) is 4.39 Å². The van der Waals surface area contributed by atoms with Crippen molar-refractivity contribution in [3.05, 3.63) is 59.7 Å². The van der Waals surface area contributed by atoms with E-state index in [1.165, 1.54) is 12.3 Å². The van der Waals surface area contributed by atoms with Crippen LogP contribution in [0.1, 0.15) is 24.2 Å². The minimum Gasteiger partial charge on any atom is -0.494 e. The monoisotopic (exact) mass is 261 g/mol. The third-order valence-electron chi connectivity index (χ3n) is 2.73. The fraction of sp³-hybridized carbons (Fsp3) is 0.214. The van der Waals surface area contributed by atoms with Crippen molar-refractivity contribution in [3.63, 3.8) is 0 Å². The van der Waals surface area contributed by atoms with E-state index in [0.29, 0.717) is 6.61 Å². The van der Waals surface area contributed by atoms with Crippen LogP contribution >= 0.6 is 0 Å². The number of nitrogens with one attached hydrogen (secondary N) is 1. The zero-order chi connectivity index (χ0) is 13.7. The molecular formula is C14H16FN3O. The lowest BCUT2D eigenvalue weighted by Gasteiger charge is -2.17. The third kappa shape index (κ3) is 3.07. The van der Waals surface area contributed by atoms with Gasteiger partial charge >= 0.3 is 0 Å². The first kappa shape index (κ1) is 13.5. The van der Waals surface area contributed by atoms with Crippen molar-refractivity contribution in [2.24, 2.45) is 5.84 Å². The van der Waals surface area contributed by atoms with Gasteiger partial charge in [0.25, 0.3) is 0 Å². The molecule has 0 saturated carbocycles. The highest BCUT2D eigenvalue weighted by atomic mass is 19.1. The minimum atomic E-state index is -0.512. The highest BCUT2D eigenvalue weighted by Crippen LogP contribution is 2.24. The minimum absolute atomic E-state index is 0.263. The standard InChI is InChI=1S/C14H16FN3O/c1-2-19-11-6-3-5-10(9-11)13(18-16)14-12(15)7-4-8-17-14/h3-9,13,18H,2,16H2,1H3.